The van der Waals surface area contributed by atoms with Crippen LogP contribution in [0.15, 0.2) is 54.1 Å². The molecule has 2 N–H and O–H groups in total. The lowest BCUT2D eigenvalue weighted by molar-refractivity contribution is -0.114. The van der Waals surface area contributed by atoms with Crippen molar-refractivity contribution < 1.29 is 14.3 Å². The van der Waals surface area contributed by atoms with Crippen molar-refractivity contribution in [3.63, 3.8) is 0 Å². The van der Waals surface area contributed by atoms with E-state index < -0.39 is 5.91 Å². The van der Waals surface area contributed by atoms with Crippen LogP contribution in [-0.4, -0.2) is 13.0 Å². The molecular weight excluding hydrogens is 316 g/mol. The smallest absolute Gasteiger partial charge is 0.259 e. The molecule has 124 valence electrons. The summed E-state index contributed by atoms with van der Waals surface area (Å²) in [5, 5.41) is 9.37. The number of amides is 1. The number of nitriles is 1. The lowest BCUT2D eigenvalue weighted by Crippen LogP contribution is -2.16. The number of aryl methyl sites for hydroxylation is 1. The van der Waals surface area contributed by atoms with Gasteiger partial charge in [-0.1, -0.05) is 11.6 Å². The van der Waals surface area contributed by atoms with Crippen molar-refractivity contribution in [1.82, 2.24) is 0 Å². The minimum atomic E-state index is -0.766. The van der Waals surface area contributed by atoms with E-state index in [1.165, 1.54) is 0 Å². The van der Waals surface area contributed by atoms with Gasteiger partial charge in [-0.15, -0.1) is 0 Å². The zero-order chi connectivity index (χ0) is 18.0. The first-order valence-corrected chi connectivity index (χ1v) is 7.62. The molecule has 3 rings (SSSR count). The Bertz CT molecular complexity index is 948. The van der Waals surface area contributed by atoms with Crippen LogP contribution < -0.4 is 15.2 Å². The number of carbonyl (C=O) groups excluding carboxylic acids is 1. The van der Waals surface area contributed by atoms with Gasteiger partial charge in [0.25, 0.3) is 5.91 Å². The Hall–Kier alpha value is -3.52. The normalized spacial score (nSPS) is 14.5. The molecule has 0 aliphatic carbocycles. The largest absolute Gasteiger partial charge is 0.497 e. The molecule has 25 heavy (non-hydrogen) atoms. The summed E-state index contributed by atoms with van der Waals surface area (Å²) in [5.74, 6) is 1.06. The van der Waals surface area contributed by atoms with Crippen LogP contribution in [0.25, 0.3) is 11.3 Å². The molecular formula is C20H16N2O3. The van der Waals surface area contributed by atoms with E-state index in [1.807, 2.05) is 55.5 Å². The molecule has 1 aliphatic rings. The highest BCUT2D eigenvalue weighted by Crippen LogP contribution is 2.39. The van der Waals surface area contributed by atoms with Gasteiger partial charge in [-0.2, -0.15) is 5.26 Å². The van der Waals surface area contributed by atoms with Crippen LogP contribution in [0.4, 0.5) is 0 Å². The molecule has 1 heterocycles. The van der Waals surface area contributed by atoms with E-state index in [2.05, 4.69) is 0 Å². The monoisotopic (exact) mass is 332 g/mol. The van der Waals surface area contributed by atoms with E-state index in [0.717, 1.165) is 16.9 Å². The van der Waals surface area contributed by atoms with Gasteiger partial charge in [0.05, 0.1) is 7.11 Å². The Morgan fingerprint density at radius 3 is 2.52 bits per heavy atom. The second-order valence-corrected chi connectivity index (χ2v) is 5.60. The molecule has 0 saturated carbocycles. The lowest BCUT2D eigenvalue weighted by atomic mass is 9.94. The molecule has 0 atom stereocenters. The third-order valence-corrected chi connectivity index (χ3v) is 3.92. The SMILES string of the molecule is COc1ccc(C2=C/C(=C(/C#N)C(N)=O)c3cc(C)ccc3O2)cc1. The van der Waals surface area contributed by atoms with Gasteiger partial charge in [0.15, 0.2) is 0 Å². The Labute approximate surface area is 145 Å². The van der Waals surface area contributed by atoms with Crippen molar-refractivity contribution >= 4 is 17.2 Å². The third-order valence-electron chi connectivity index (χ3n) is 3.92. The third kappa shape index (κ3) is 3.10. The molecule has 2 aromatic carbocycles. The van der Waals surface area contributed by atoms with Crippen LogP contribution in [0.2, 0.25) is 0 Å². The molecule has 0 fully saturated rings. The van der Waals surface area contributed by atoms with Gasteiger partial charge in [0.2, 0.25) is 0 Å². The van der Waals surface area contributed by atoms with Gasteiger partial charge >= 0.3 is 0 Å². The predicted octanol–water partition coefficient (Wildman–Crippen LogP) is 3.20. The molecule has 1 aliphatic heterocycles. The summed E-state index contributed by atoms with van der Waals surface area (Å²) in [5.41, 5.74) is 8.22. The van der Waals surface area contributed by atoms with Gasteiger partial charge < -0.3 is 15.2 Å². The fraction of sp³-hybridized carbons (Fsp3) is 0.100. The maximum absolute atomic E-state index is 11.7. The van der Waals surface area contributed by atoms with Gasteiger partial charge in [0, 0.05) is 16.7 Å². The number of benzene rings is 2. The van der Waals surface area contributed by atoms with E-state index >= 15 is 0 Å². The number of hydrogen-bond acceptors (Lipinski definition) is 4. The van der Waals surface area contributed by atoms with Crippen LogP contribution in [0.5, 0.6) is 11.5 Å². The first-order chi connectivity index (χ1) is 12.0. The average Bonchev–Trinajstić information content (AvgIpc) is 2.62. The Kier molecular flexibility index (Phi) is 4.27. The summed E-state index contributed by atoms with van der Waals surface area (Å²) < 4.78 is 11.1. The molecule has 5 nitrogen and oxygen atoms in total. The van der Waals surface area contributed by atoms with E-state index in [-0.39, 0.29) is 5.57 Å². The number of primary amides is 1. The van der Waals surface area contributed by atoms with Crippen molar-refractivity contribution in [2.75, 3.05) is 7.11 Å². The molecule has 0 aromatic heterocycles. The van der Waals surface area contributed by atoms with E-state index in [9.17, 15) is 10.1 Å². The number of nitrogens with zero attached hydrogens (tertiary/aromatic N) is 1. The van der Waals surface area contributed by atoms with Gasteiger partial charge in [0.1, 0.15) is 28.9 Å². The maximum atomic E-state index is 11.7. The molecule has 1 amide bonds. The second-order valence-electron chi connectivity index (χ2n) is 5.60. The maximum Gasteiger partial charge on any atom is 0.259 e. The summed E-state index contributed by atoms with van der Waals surface area (Å²) in [4.78, 5) is 11.7. The van der Waals surface area contributed by atoms with Crippen LogP contribution in [0, 0.1) is 18.3 Å². The molecule has 2 aromatic rings. The summed E-state index contributed by atoms with van der Waals surface area (Å²) in [6.45, 7) is 1.93. The van der Waals surface area contributed by atoms with Crippen molar-refractivity contribution in [3.05, 3.63) is 70.8 Å². The zero-order valence-electron chi connectivity index (χ0n) is 13.9. The van der Waals surface area contributed by atoms with Crippen molar-refractivity contribution in [2.45, 2.75) is 6.92 Å². The molecule has 0 unspecified atom stereocenters. The number of allylic oxidation sites excluding steroid dienone is 2. The summed E-state index contributed by atoms with van der Waals surface area (Å²) in [6.07, 6.45) is 1.67. The second kappa shape index (κ2) is 6.54. The topological polar surface area (TPSA) is 85.3 Å². The van der Waals surface area contributed by atoms with Crippen molar-refractivity contribution in [2.24, 2.45) is 5.73 Å². The van der Waals surface area contributed by atoms with Crippen LogP contribution in [-0.2, 0) is 4.79 Å². The first-order valence-electron chi connectivity index (χ1n) is 7.62. The fourth-order valence-corrected chi connectivity index (χ4v) is 2.65. The predicted molar refractivity (Wildman–Crippen MR) is 94.5 cm³/mol. The fourth-order valence-electron chi connectivity index (χ4n) is 2.65. The van der Waals surface area contributed by atoms with Gasteiger partial charge in [-0.05, 0) is 49.4 Å². The first kappa shape index (κ1) is 16.3. The zero-order valence-corrected chi connectivity index (χ0v) is 13.9. The van der Waals surface area contributed by atoms with Crippen LogP contribution in [0.1, 0.15) is 16.7 Å². The number of nitrogens with two attached hydrogens (primary N) is 1. The molecule has 0 spiro atoms. The number of methoxy groups -OCH3 is 1. The van der Waals surface area contributed by atoms with Crippen molar-refractivity contribution in [1.29, 1.82) is 5.26 Å². The van der Waals surface area contributed by atoms with E-state index in [4.69, 9.17) is 15.2 Å². The number of rotatable bonds is 3. The van der Waals surface area contributed by atoms with Crippen LogP contribution >= 0.6 is 0 Å². The molecule has 0 bridgehead atoms. The van der Waals surface area contributed by atoms with Gasteiger partial charge in [-0.25, -0.2) is 0 Å². The van der Waals surface area contributed by atoms with Gasteiger partial charge in [-0.3, -0.25) is 4.79 Å². The molecule has 0 radical (unpaired) electrons. The Morgan fingerprint density at radius 2 is 1.92 bits per heavy atom. The minimum absolute atomic E-state index is 0.0961. The van der Waals surface area contributed by atoms with Crippen LogP contribution in [0.3, 0.4) is 0 Å². The summed E-state index contributed by atoms with van der Waals surface area (Å²) >= 11 is 0. The quantitative estimate of drug-likeness (QED) is 0.691. The summed E-state index contributed by atoms with van der Waals surface area (Å²) in [6, 6.07) is 14.8. The Balaban J connectivity index is 2.20. The molecule has 0 saturated heterocycles. The minimum Gasteiger partial charge on any atom is -0.497 e. The standard InChI is InChI=1S/C20H16N2O3/c1-12-3-8-18-16(9-12)15(17(11-21)20(22)23)10-19(25-18)13-4-6-14(24-2)7-5-13/h3-10H,1-2H3,(H2,22,23)/b17-15+. The lowest BCUT2D eigenvalue weighted by Gasteiger charge is -2.21. The Morgan fingerprint density at radius 1 is 1.20 bits per heavy atom. The molecule has 5 heteroatoms. The number of fused-ring (bicyclic) bond motifs is 1. The van der Waals surface area contributed by atoms with E-state index in [1.54, 1.807) is 13.2 Å². The number of carbonyl (C=O) groups is 1. The highest BCUT2D eigenvalue weighted by atomic mass is 16.5. The highest BCUT2D eigenvalue weighted by Gasteiger charge is 2.23. The number of ether oxygens (including phenoxy) is 2. The number of hydrogen-bond donors (Lipinski definition) is 1. The average molecular weight is 332 g/mol. The van der Waals surface area contributed by atoms with Crippen molar-refractivity contribution in [3.8, 4) is 17.6 Å². The summed E-state index contributed by atoms with van der Waals surface area (Å²) in [7, 11) is 1.59. The highest BCUT2D eigenvalue weighted by molar-refractivity contribution is 6.08. The van der Waals surface area contributed by atoms with E-state index in [0.29, 0.717) is 22.6 Å².